The fourth-order valence-corrected chi connectivity index (χ4v) is 2.59. The smallest absolute Gasteiger partial charge is 0.0320 e. The van der Waals surface area contributed by atoms with Crippen molar-refractivity contribution in [3.8, 4) is 0 Å². The molecule has 0 aliphatic heterocycles. The van der Waals surface area contributed by atoms with Gasteiger partial charge in [-0.15, -0.1) is 0 Å². The van der Waals surface area contributed by atoms with Crippen LogP contribution >= 0.6 is 15.9 Å². The Morgan fingerprint density at radius 1 is 1.19 bits per heavy atom. The van der Waals surface area contributed by atoms with Gasteiger partial charge < -0.3 is 5.32 Å². The number of halogens is 1. The summed E-state index contributed by atoms with van der Waals surface area (Å²) in [6.07, 6.45) is 3.61. The van der Waals surface area contributed by atoms with Crippen LogP contribution in [0, 0.1) is 6.92 Å². The number of nitrogens with one attached hydrogen (secondary N) is 1. The molecule has 1 aromatic rings. The highest BCUT2D eigenvalue weighted by Gasteiger charge is 2.10. The second-order valence-electron chi connectivity index (χ2n) is 4.36. The minimum absolute atomic E-state index is 0.501. The lowest BCUT2D eigenvalue weighted by atomic mass is 10.0. The van der Waals surface area contributed by atoms with Crippen LogP contribution in [0.1, 0.15) is 50.3 Å². The maximum Gasteiger partial charge on any atom is 0.0320 e. The highest BCUT2D eigenvalue weighted by molar-refractivity contribution is 9.10. The zero-order valence-electron chi connectivity index (χ0n) is 10.5. The lowest BCUT2D eigenvalue weighted by molar-refractivity contribution is 0.493. The van der Waals surface area contributed by atoms with Gasteiger partial charge >= 0.3 is 0 Å². The summed E-state index contributed by atoms with van der Waals surface area (Å²) in [5.41, 5.74) is 2.73. The molecule has 0 heterocycles. The van der Waals surface area contributed by atoms with Crippen LogP contribution in [0.4, 0.5) is 0 Å². The third kappa shape index (κ3) is 4.26. The molecule has 1 atom stereocenters. The summed E-state index contributed by atoms with van der Waals surface area (Å²) >= 11 is 3.57. The van der Waals surface area contributed by atoms with Crippen molar-refractivity contribution in [1.29, 1.82) is 0 Å². The molecule has 0 saturated carbocycles. The van der Waals surface area contributed by atoms with E-state index in [0.29, 0.717) is 6.04 Å². The van der Waals surface area contributed by atoms with Gasteiger partial charge in [-0.05, 0) is 49.6 Å². The van der Waals surface area contributed by atoms with Crippen LogP contribution in [0.25, 0.3) is 0 Å². The molecular formula is C14H22BrN. The third-order valence-electron chi connectivity index (χ3n) is 2.68. The van der Waals surface area contributed by atoms with Crippen molar-refractivity contribution in [2.75, 3.05) is 6.54 Å². The Labute approximate surface area is 108 Å². The van der Waals surface area contributed by atoms with Crippen molar-refractivity contribution < 1.29 is 0 Å². The topological polar surface area (TPSA) is 12.0 Å². The summed E-state index contributed by atoms with van der Waals surface area (Å²) in [4.78, 5) is 0. The van der Waals surface area contributed by atoms with Crippen molar-refractivity contribution in [2.24, 2.45) is 0 Å². The SMILES string of the molecule is CCCNC(CCC)c1cc(C)cc(Br)c1. The van der Waals surface area contributed by atoms with Gasteiger partial charge in [0.15, 0.2) is 0 Å². The maximum absolute atomic E-state index is 3.62. The van der Waals surface area contributed by atoms with Crippen LogP contribution in [0.5, 0.6) is 0 Å². The Morgan fingerprint density at radius 2 is 1.94 bits per heavy atom. The minimum Gasteiger partial charge on any atom is -0.310 e. The lowest BCUT2D eigenvalue weighted by Gasteiger charge is -2.19. The van der Waals surface area contributed by atoms with E-state index in [9.17, 15) is 0 Å². The predicted octanol–water partition coefficient (Wildman–Crippen LogP) is 4.60. The highest BCUT2D eigenvalue weighted by atomic mass is 79.9. The van der Waals surface area contributed by atoms with E-state index in [4.69, 9.17) is 0 Å². The Hall–Kier alpha value is -0.340. The number of hydrogen-bond donors (Lipinski definition) is 1. The van der Waals surface area contributed by atoms with Crippen molar-refractivity contribution in [3.63, 3.8) is 0 Å². The van der Waals surface area contributed by atoms with Gasteiger partial charge in [0.25, 0.3) is 0 Å². The Balaban J connectivity index is 2.82. The molecule has 0 amide bonds. The summed E-state index contributed by atoms with van der Waals surface area (Å²) in [7, 11) is 0. The van der Waals surface area contributed by atoms with Crippen LogP contribution in [0.2, 0.25) is 0 Å². The first-order valence-electron chi connectivity index (χ1n) is 6.17. The molecule has 90 valence electrons. The largest absolute Gasteiger partial charge is 0.310 e. The van der Waals surface area contributed by atoms with Gasteiger partial charge in [-0.1, -0.05) is 42.3 Å². The van der Waals surface area contributed by atoms with Crippen LogP contribution in [-0.2, 0) is 0 Å². The van der Waals surface area contributed by atoms with Crippen molar-refractivity contribution in [3.05, 3.63) is 33.8 Å². The third-order valence-corrected chi connectivity index (χ3v) is 3.14. The van der Waals surface area contributed by atoms with E-state index in [0.717, 1.165) is 6.54 Å². The number of rotatable bonds is 6. The molecular weight excluding hydrogens is 262 g/mol. The van der Waals surface area contributed by atoms with E-state index < -0.39 is 0 Å². The summed E-state index contributed by atoms with van der Waals surface area (Å²) in [6.45, 7) is 7.70. The van der Waals surface area contributed by atoms with E-state index in [1.807, 2.05) is 0 Å². The van der Waals surface area contributed by atoms with Gasteiger partial charge in [-0.3, -0.25) is 0 Å². The van der Waals surface area contributed by atoms with Crippen molar-refractivity contribution in [2.45, 2.75) is 46.1 Å². The van der Waals surface area contributed by atoms with E-state index in [1.165, 1.54) is 34.9 Å². The monoisotopic (exact) mass is 283 g/mol. The molecule has 0 aliphatic carbocycles. The summed E-state index contributed by atoms with van der Waals surface area (Å²) < 4.78 is 1.18. The number of benzene rings is 1. The van der Waals surface area contributed by atoms with Crippen LogP contribution < -0.4 is 5.32 Å². The molecule has 1 nitrogen and oxygen atoms in total. The van der Waals surface area contributed by atoms with Gasteiger partial charge in [0.2, 0.25) is 0 Å². The van der Waals surface area contributed by atoms with E-state index in [2.05, 4.69) is 60.2 Å². The van der Waals surface area contributed by atoms with Crippen LogP contribution in [0.3, 0.4) is 0 Å². The summed E-state index contributed by atoms with van der Waals surface area (Å²) in [6, 6.07) is 7.18. The van der Waals surface area contributed by atoms with E-state index in [1.54, 1.807) is 0 Å². The summed E-state index contributed by atoms with van der Waals surface area (Å²) in [5.74, 6) is 0. The quantitative estimate of drug-likeness (QED) is 0.805. The van der Waals surface area contributed by atoms with Gasteiger partial charge in [0.1, 0.15) is 0 Å². The number of hydrogen-bond acceptors (Lipinski definition) is 1. The average molecular weight is 284 g/mol. The predicted molar refractivity (Wildman–Crippen MR) is 74.8 cm³/mol. The van der Waals surface area contributed by atoms with Crippen molar-refractivity contribution >= 4 is 15.9 Å². The molecule has 1 N–H and O–H groups in total. The Bertz CT molecular complexity index is 302. The first-order chi connectivity index (χ1) is 7.67. The lowest BCUT2D eigenvalue weighted by Crippen LogP contribution is -2.22. The van der Waals surface area contributed by atoms with Gasteiger partial charge in [-0.25, -0.2) is 0 Å². The molecule has 0 fully saturated rings. The highest BCUT2D eigenvalue weighted by Crippen LogP contribution is 2.23. The molecule has 0 bridgehead atoms. The van der Waals surface area contributed by atoms with Gasteiger partial charge in [0.05, 0.1) is 0 Å². The molecule has 1 rings (SSSR count). The molecule has 1 unspecified atom stereocenters. The standard InChI is InChI=1S/C14H22BrN/c1-4-6-14(16-7-5-2)12-8-11(3)9-13(15)10-12/h8-10,14,16H,4-7H2,1-3H3. The Kier molecular flexibility index (Phi) is 6.07. The summed E-state index contributed by atoms with van der Waals surface area (Å²) in [5, 5.41) is 3.62. The molecule has 0 spiro atoms. The minimum atomic E-state index is 0.501. The fourth-order valence-electron chi connectivity index (χ4n) is 1.96. The van der Waals surface area contributed by atoms with E-state index in [-0.39, 0.29) is 0 Å². The molecule has 1 aromatic carbocycles. The van der Waals surface area contributed by atoms with Gasteiger partial charge in [0, 0.05) is 10.5 Å². The van der Waals surface area contributed by atoms with E-state index >= 15 is 0 Å². The second-order valence-corrected chi connectivity index (χ2v) is 5.27. The second kappa shape index (κ2) is 7.08. The Morgan fingerprint density at radius 3 is 2.50 bits per heavy atom. The first kappa shape index (κ1) is 13.7. The molecule has 0 saturated heterocycles. The van der Waals surface area contributed by atoms with Crippen molar-refractivity contribution in [1.82, 2.24) is 5.32 Å². The average Bonchev–Trinajstić information content (AvgIpc) is 2.22. The molecule has 16 heavy (non-hydrogen) atoms. The zero-order valence-corrected chi connectivity index (χ0v) is 12.1. The normalized spacial score (nSPS) is 12.8. The number of aryl methyl sites for hydroxylation is 1. The molecule has 0 aromatic heterocycles. The molecule has 2 heteroatoms. The van der Waals surface area contributed by atoms with Gasteiger partial charge in [-0.2, -0.15) is 0 Å². The first-order valence-corrected chi connectivity index (χ1v) is 6.97. The van der Waals surface area contributed by atoms with Crippen LogP contribution in [-0.4, -0.2) is 6.54 Å². The zero-order chi connectivity index (χ0) is 12.0. The fraction of sp³-hybridized carbons (Fsp3) is 0.571. The molecule has 0 aliphatic rings. The maximum atomic E-state index is 3.62. The van der Waals surface area contributed by atoms with Crippen LogP contribution in [0.15, 0.2) is 22.7 Å². The molecule has 0 radical (unpaired) electrons.